The minimum absolute atomic E-state index is 0.0629. The molecule has 1 aromatic carbocycles. The lowest BCUT2D eigenvalue weighted by Gasteiger charge is -2.21. The maximum atomic E-state index is 13.1. The first-order valence-corrected chi connectivity index (χ1v) is 7.78. The Morgan fingerprint density at radius 3 is 2.61 bits per heavy atom. The molecule has 0 atom stereocenters. The van der Waals surface area contributed by atoms with Gasteiger partial charge in [-0.05, 0) is 38.5 Å². The quantitative estimate of drug-likeness (QED) is 0.736. The average molecular weight is 309 g/mol. The lowest BCUT2D eigenvalue weighted by atomic mass is 10.1. The number of pyridine rings is 1. The molecule has 0 bridgehead atoms. The Hall–Kier alpha value is -2.69. The van der Waals surface area contributed by atoms with Gasteiger partial charge in [0.05, 0.1) is 16.6 Å². The van der Waals surface area contributed by atoms with E-state index in [0.717, 1.165) is 17.8 Å². The topological polar surface area (TPSA) is 59.2 Å². The fraction of sp³-hybridized carbons (Fsp3) is 0.278. The van der Waals surface area contributed by atoms with Crippen molar-refractivity contribution in [3.05, 3.63) is 53.3 Å². The molecule has 23 heavy (non-hydrogen) atoms. The number of nitrogens with zero attached hydrogens (tertiary/aromatic N) is 3. The standard InChI is InChI=1S/C18H19N3O2/c1-4-13-11-15(16-12(3)20-23-17(16)19-13)18(22)21(5-2)14-9-7-6-8-10-14/h6-11H,4-5H2,1-3H3. The van der Waals surface area contributed by atoms with Crippen molar-refractivity contribution in [3.8, 4) is 0 Å². The Morgan fingerprint density at radius 1 is 1.22 bits per heavy atom. The summed E-state index contributed by atoms with van der Waals surface area (Å²) >= 11 is 0. The molecule has 0 unspecified atom stereocenters. The van der Waals surface area contributed by atoms with Gasteiger partial charge in [0.15, 0.2) is 0 Å². The van der Waals surface area contributed by atoms with E-state index in [-0.39, 0.29) is 5.91 Å². The Labute approximate surface area is 134 Å². The van der Waals surface area contributed by atoms with Gasteiger partial charge < -0.3 is 9.42 Å². The van der Waals surface area contributed by atoms with Crippen LogP contribution in [0.1, 0.15) is 35.6 Å². The molecule has 3 aromatic rings. The van der Waals surface area contributed by atoms with Crippen LogP contribution in [0.3, 0.4) is 0 Å². The second kappa shape index (κ2) is 6.20. The molecule has 0 radical (unpaired) electrons. The molecule has 2 heterocycles. The fourth-order valence-electron chi connectivity index (χ4n) is 2.69. The molecule has 0 spiro atoms. The summed E-state index contributed by atoms with van der Waals surface area (Å²) in [6.45, 7) is 6.37. The van der Waals surface area contributed by atoms with Gasteiger partial charge >= 0.3 is 0 Å². The summed E-state index contributed by atoms with van der Waals surface area (Å²) in [4.78, 5) is 19.3. The first-order chi connectivity index (χ1) is 11.2. The molecule has 5 nitrogen and oxygen atoms in total. The molecule has 0 aliphatic carbocycles. The van der Waals surface area contributed by atoms with E-state index in [2.05, 4.69) is 10.1 Å². The smallest absolute Gasteiger partial charge is 0.259 e. The SMILES string of the molecule is CCc1cc(C(=O)N(CC)c2ccccc2)c2c(C)noc2n1. The molecule has 0 saturated heterocycles. The van der Waals surface area contributed by atoms with Gasteiger partial charge in [-0.1, -0.05) is 30.3 Å². The number of carbonyl (C=O) groups excluding carboxylic acids is 1. The summed E-state index contributed by atoms with van der Waals surface area (Å²) in [6.07, 6.45) is 0.730. The Balaban J connectivity index is 2.14. The number of carbonyl (C=O) groups is 1. The molecule has 0 N–H and O–H groups in total. The van der Waals surface area contributed by atoms with E-state index in [0.29, 0.717) is 28.9 Å². The monoisotopic (exact) mass is 309 g/mol. The van der Waals surface area contributed by atoms with Crippen LogP contribution in [-0.4, -0.2) is 22.6 Å². The van der Waals surface area contributed by atoms with Crippen LogP contribution >= 0.6 is 0 Å². The molecule has 3 rings (SSSR count). The number of hydrogen-bond acceptors (Lipinski definition) is 4. The van der Waals surface area contributed by atoms with Crippen molar-refractivity contribution in [2.24, 2.45) is 0 Å². The van der Waals surface area contributed by atoms with Gasteiger partial charge in [-0.2, -0.15) is 0 Å². The maximum absolute atomic E-state index is 13.1. The summed E-state index contributed by atoms with van der Waals surface area (Å²) in [5.41, 5.74) is 3.39. The molecule has 0 saturated carbocycles. The van der Waals surface area contributed by atoms with Crippen LogP contribution in [0.4, 0.5) is 5.69 Å². The third kappa shape index (κ3) is 2.70. The maximum Gasteiger partial charge on any atom is 0.259 e. The molecule has 0 aliphatic heterocycles. The Bertz CT molecular complexity index is 840. The van der Waals surface area contributed by atoms with Crippen molar-refractivity contribution in [1.29, 1.82) is 0 Å². The Morgan fingerprint density at radius 2 is 1.96 bits per heavy atom. The molecular weight excluding hydrogens is 290 g/mol. The Kier molecular flexibility index (Phi) is 4.10. The highest BCUT2D eigenvalue weighted by Gasteiger charge is 2.23. The van der Waals surface area contributed by atoms with E-state index in [1.54, 1.807) is 4.90 Å². The van der Waals surface area contributed by atoms with Crippen molar-refractivity contribution in [2.75, 3.05) is 11.4 Å². The average Bonchev–Trinajstić information content (AvgIpc) is 2.96. The number of benzene rings is 1. The lowest BCUT2D eigenvalue weighted by Crippen LogP contribution is -2.31. The van der Waals surface area contributed by atoms with Crippen LogP contribution in [0.5, 0.6) is 0 Å². The highest BCUT2D eigenvalue weighted by Crippen LogP contribution is 2.25. The second-order valence-corrected chi connectivity index (χ2v) is 5.35. The van der Waals surface area contributed by atoms with Crippen LogP contribution < -0.4 is 4.90 Å². The van der Waals surface area contributed by atoms with Gasteiger partial charge in [-0.25, -0.2) is 4.98 Å². The van der Waals surface area contributed by atoms with Gasteiger partial charge in [-0.15, -0.1) is 0 Å². The van der Waals surface area contributed by atoms with Crippen molar-refractivity contribution < 1.29 is 9.32 Å². The number of hydrogen-bond donors (Lipinski definition) is 0. The first-order valence-electron chi connectivity index (χ1n) is 7.78. The van der Waals surface area contributed by atoms with Crippen molar-refractivity contribution in [3.63, 3.8) is 0 Å². The van der Waals surface area contributed by atoms with E-state index in [4.69, 9.17) is 4.52 Å². The minimum Gasteiger partial charge on any atom is -0.336 e. The number of para-hydroxylation sites is 1. The molecule has 0 fully saturated rings. The largest absolute Gasteiger partial charge is 0.336 e. The van der Waals surface area contributed by atoms with Gasteiger partial charge in [-0.3, -0.25) is 4.79 Å². The van der Waals surface area contributed by atoms with Crippen LogP contribution in [0.15, 0.2) is 40.9 Å². The molecule has 2 aromatic heterocycles. The molecule has 1 amide bonds. The van der Waals surface area contributed by atoms with Crippen molar-refractivity contribution >= 4 is 22.7 Å². The lowest BCUT2D eigenvalue weighted by molar-refractivity contribution is 0.0989. The summed E-state index contributed by atoms with van der Waals surface area (Å²) in [5, 5.41) is 4.66. The highest BCUT2D eigenvalue weighted by atomic mass is 16.5. The zero-order valence-electron chi connectivity index (χ0n) is 13.5. The first kappa shape index (κ1) is 15.2. The predicted molar refractivity (Wildman–Crippen MR) is 89.7 cm³/mol. The number of rotatable bonds is 4. The van der Waals surface area contributed by atoms with Crippen LogP contribution in [0, 0.1) is 6.92 Å². The number of fused-ring (bicyclic) bond motifs is 1. The number of anilines is 1. The molecule has 5 heteroatoms. The highest BCUT2D eigenvalue weighted by molar-refractivity contribution is 6.13. The van der Waals surface area contributed by atoms with Gasteiger partial charge in [0.2, 0.25) is 0 Å². The van der Waals surface area contributed by atoms with Crippen molar-refractivity contribution in [2.45, 2.75) is 27.2 Å². The predicted octanol–water partition coefficient (Wildman–Crippen LogP) is 3.76. The summed E-state index contributed by atoms with van der Waals surface area (Å²) in [6, 6.07) is 11.5. The van der Waals surface area contributed by atoms with Crippen LogP contribution in [-0.2, 0) is 6.42 Å². The molecular formula is C18H19N3O2. The zero-order chi connectivity index (χ0) is 16.4. The minimum atomic E-state index is -0.0629. The summed E-state index contributed by atoms with van der Waals surface area (Å²) < 4.78 is 5.27. The van der Waals surface area contributed by atoms with Crippen LogP contribution in [0.25, 0.3) is 11.1 Å². The van der Waals surface area contributed by atoms with E-state index in [9.17, 15) is 4.79 Å². The summed E-state index contributed by atoms with van der Waals surface area (Å²) in [7, 11) is 0. The normalized spacial score (nSPS) is 10.9. The molecule has 0 aliphatic rings. The van der Waals surface area contributed by atoms with E-state index >= 15 is 0 Å². The number of aromatic nitrogens is 2. The fourth-order valence-corrected chi connectivity index (χ4v) is 2.69. The third-order valence-corrected chi connectivity index (χ3v) is 3.89. The molecule has 118 valence electrons. The van der Waals surface area contributed by atoms with E-state index < -0.39 is 0 Å². The zero-order valence-corrected chi connectivity index (χ0v) is 13.5. The van der Waals surface area contributed by atoms with Gasteiger partial charge in [0, 0.05) is 17.9 Å². The number of amides is 1. The van der Waals surface area contributed by atoms with Gasteiger partial charge in [0.1, 0.15) is 0 Å². The third-order valence-electron chi connectivity index (χ3n) is 3.89. The van der Waals surface area contributed by atoms with Crippen molar-refractivity contribution in [1.82, 2.24) is 10.1 Å². The van der Waals surface area contributed by atoms with E-state index in [1.807, 2.05) is 57.2 Å². The summed E-state index contributed by atoms with van der Waals surface area (Å²) in [5.74, 6) is -0.0629. The van der Waals surface area contributed by atoms with E-state index in [1.165, 1.54) is 0 Å². The second-order valence-electron chi connectivity index (χ2n) is 5.35. The van der Waals surface area contributed by atoms with Crippen LogP contribution in [0.2, 0.25) is 0 Å². The number of aryl methyl sites for hydroxylation is 2. The van der Waals surface area contributed by atoms with Gasteiger partial charge in [0.25, 0.3) is 11.6 Å².